The summed E-state index contributed by atoms with van der Waals surface area (Å²) >= 11 is 0. The average Bonchev–Trinajstić information content (AvgIpc) is 3.46. The largest absolute Gasteiger partial charge is 0.487 e. The number of halogens is 2. The number of methoxy groups -OCH3 is 1. The van der Waals surface area contributed by atoms with Gasteiger partial charge in [0.25, 0.3) is 0 Å². The van der Waals surface area contributed by atoms with E-state index in [0.29, 0.717) is 25.0 Å². The number of carbonyl (C=O) groups excluding carboxylic acids is 1. The molecule has 2 N–H and O–H groups in total. The molecule has 1 fully saturated rings. The van der Waals surface area contributed by atoms with Crippen LogP contribution in [-0.4, -0.2) is 47.3 Å². The van der Waals surface area contributed by atoms with Crippen LogP contribution in [0.5, 0.6) is 11.6 Å². The van der Waals surface area contributed by atoms with E-state index in [1.807, 2.05) is 0 Å². The van der Waals surface area contributed by atoms with Crippen molar-refractivity contribution in [1.82, 2.24) is 15.0 Å². The third kappa shape index (κ3) is 6.21. The highest BCUT2D eigenvalue weighted by atomic mass is 19.3. The molecule has 2 aromatic rings. The van der Waals surface area contributed by atoms with E-state index in [9.17, 15) is 13.6 Å². The summed E-state index contributed by atoms with van der Waals surface area (Å²) in [7, 11) is 1.54. The van der Waals surface area contributed by atoms with Crippen LogP contribution < -0.4 is 20.1 Å². The lowest BCUT2D eigenvalue weighted by atomic mass is 10.3. The van der Waals surface area contributed by atoms with Crippen LogP contribution in [-0.2, 0) is 15.5 Å². The summed E-state index contributed by atoms with van der Waals surface area (Å²) in [6.07, 6.45) is 3.09. The molecule has 30 heavy (non-hydrogen) atoms. The van der Waals surface area contributed by atoms with E-state index < -0.39 is 11.7 Å². The number of hydrogen-bond acceptors (Lipinski definition) is 8. The van der Waals surface area contributed by atoms with Crippen molar-refractivity contribution in [3.63, 3.8) is 0 Å². The molecule has 1 aliphatic carbocycles. The van der Waals surface area contributed by atoms with Crippen molar-refractivity contribution >= 4 is 23.2 Å². The number of pyridine rings is 1. The average molecular weight is 423 g/mol. The molecule has 0 atom stereocenters. The van der Waals surface area contributed by atoms with Crippen LogP contribution in [0.15, 0.2) is 18.3 Å². The van der Waals surface area contributed by atoms with Gasteiger partial charge in [0.15, 0.2) is 5.75 Å². The zero-order valence-electron chi connectivity index (χ0n) is 16.9. The molecule has 0 aliphatic heterocycles. The van der Waals surface area contributed by atoms with Gasteiger partial charge < -0.3 is 24.8 Å². The number of aromatic nitrogens is 3. The van der Waals surface area contributed by atoms with Crippen LogP contribution in [0.2, 0.25) is 0 Å². The Morgan fingerprint density at radius 1 is 1.23 bits per heavy atom. The molecule has 3 rings (SSSR count). The number of nitrogens with zero attached hydrogens (tertiary/aromatic N) is 3. The van der Waals surface area contributed by atoms with Gasteiger partial charge in [-0.2, -0.15) is 13.8 Å². The maximum atomic E-state index is 13.9. The van der Waals surface area contributed by atoms with E-state index in [-0.39, 0.29) is 36.1 Å². The van der Waals surface area contributed by atoms with Crippen molar-refractivity contribution in [1.29, 1.82) is 0 Å². The second-order valence-electron chi connectivity index (χ2n) is 6.83. The summed E-state index contributed by atoms with van der Waals surface area (Å²) in [5.41, 5.74) is 0.367. The van der Waals surface area contributed by atoms with Crippen molar-refractivity contribution < 1.29 is 27.8 Å². The molecule has 2 aromatic heterocycles. The first-order valence-electron chi connectivity index (χ1n) is 9.35. The highest BCUT2D eigenvalue weighted by Crippen LogP contribution is 2.33. The quantitative estimate of drug-likeness (QED) is 0.561. The number of carbonyl (C=O) groups is 1. The smallest absolute Gasteiger partial charge is 0.304 e. The van der Waals surface area contributed by atoms with E-state index in [0.717, 1.165) is 12.8 Å². The zero-order valence-corrected chi connectivity index (χ0v) is 16.9. The summed E-state index contributed by atoms with van der Waals surface area (Å²) in [4.78, 5) is 23.2. The number of alkyl halides is 2. The molecule has 1 aliphatic rings. The molecular formula is C19H23F2N5O4. The SMILES string of the molecule is COCCOc1cnc(NC(C)=O)cc1Nc1cc(OC2CC2)nc(C(C)(F)F)n1. The Morgan fingerprint density at radius 2 is 2.00 bits per heavy atom. The third-order valence-corrected chi connectivity index (χ3v) is 3.89. The Labute approximate surface area is 172 Å². The molecule has 11 heteroatoms. The maximum Gasteiger partial charge on any atom is 0.304 e. The van der Waals surface area contributed by atoms with Crippen molar-refractivity contribution in [3.8, 4) is 11.6 Å². The van der Waals surface area contributed by atoms with Crippen molar-refractivity contribution in [2.45, 2.75) is 38.7 Å². The summed E-state index contributed by atoms with van der Waals surface area (Å²) in [5.74, 6) is -3.49. The number of hydrogen-bond donors (Lipinski definition) is 2. The van der Waals surface area contributed by atoms with Crippen LogP contribution in [0.25, 0.3) is 0 Å². The summed E-state index contributed by atoms with van der Waals surface area (Å²) in [5, 5.41) is 5.50. The van der Waals surface area contributed by atoms with E-state index in [1.54, 1.807) is 0 Å². The topological polar surface area (TPSA) is 107 Å². The minimum Gasteiger partial charge on any atom is -0.487 e. The first-order chi connectivity index (χ1) is 14.2. The summed E-state index contributed by atoms with van der Waals surface area (Å²) < 4.78 is 44.0. The fourth-order valence-electron chi connectivity index (χ4n) is 2.38. The fourth-order valence-corrected chi connectivity index (χ4v) is 2.38. The van der Waals surface area contributed by atoms with Crippen LogP contribution in [0.4, 0.5) is 26.1 Å². The summed E-state index contributed by atoms with van der Waals surface area (Å²) in [6, 6.07) is 2.95. The normalized spacial score (nSPS) is 13.6. The van der Waals surface area contributed by atoms with Gasteiger partial charge in [0, 0.05) is 33.1 Å². The van der Waals surface area contributed by atoms with Crippen LogP contribution in [0, 0.1) is 0 Å². The van der Waals surface area contributed by atoms with Crippen molar-refractivity contribution in [3.05, 3.63) is 24.2 Å². The maximum absolute atomic E-state index is 13.9. The number of anilines is 3. The Balaban J connectivity index is 1.92. The molecule has 0 spiro atoms. The van der Waals surface area contributed by atoms with Crippen LogP contribution in [0.1, 0.15) is 32.5 Å². The lowest BCUT2D eigenvalue weighted by Gasteiger charge is -2.16. The van der Waals surface area contributed by atoms with E-state index in [1.165, 1.54) is 32.4 Å². The van der Waals surface area contributed by atoms with Gasteiger partial charge in [-0.15, -0.1) is 0 Å². The van der Waals surface area contributed by atoms with Gasteiger partial charge in [-0.25, -0.2) is 9.97 Å². The van der Waals surface area contributed by atoms with Gasteiger partial charge in [0.2, 0.25) is 17.6 Å². The van der Waals surface area contributed by atoms with Gasteiger partial charge in [-0.3, -0.25) is 4.79 Å². The Bertz CT molecular complexity index is 903. The molecule has 9 nitrogen and oxygen atoms in total. The van der Waals surface area contributed by atoms with Crippen LogP contribution >= 0.6 is 0 Å². The number of rotatable bonds is 10. The molecule has 1 saturated carbocycles. The molecule has 0 bridgehead atoms. The first-order valence-corrected chi connectivity index (χ1v) is 9.35. The van der Waals surface area contributed by atoms with Crippen molar-refractivity contribution in [2.24, 2.45) is 0 Å². The minimum atomic E-state index is -3.25. The molecule has 2 heterocycles. The predicted octanol–water partition coefficient (Wildman–Crippen LogP) is 3.25. The fraction of sp³-hybridized carbons (Fsp3) is 0.474. The zero-order chi connectivity index (χ0) is 21.7. The van der Waals surface area contributed by atoms with E-state index in [2.05, 4.69) is 25.6 Å². The number of amides is 1. The van der Waals surface area contributed by atoms with E-state index in [4.69, 9.17) is 14.2 Å². The molecule has 0 saturated heterocycles. The molecule has 1 amide bonds. The summed E-state index contributed by atoms with van der Waals surface area (Å²) in [6.45, 7) is 2.64. The van der Waals surface area contributed by atoms with E-state index >= 15 is 0 Å². The highest BCUT2D eigenvalue weighted by Gasteiger charge is 2.31. The van der Waals surface area contributed by atoms with Gasteiger partial charge in [-0.1, -0.05) is 0 Å². The molecule has 0 radical (unpaired) electrons. The predicted molar refractivity (Wildman–Crippen MR) is 104 cm³/mol. The molecule has 0 unspecified atom stereocenters. The molecular weight excluding hydrogens is 400 g/mol. The monoisotopic (exact) mass is 423 g/mol. The van der Waals surface area contributed by atoms with Gasteiger partial charge >= 0.3 is 5.92 Å². The number of nitrogens with one attached hydrogen (secondary N) is 2. The Morgan fingerprint density at radius 3 is 2.63 bits per heavy atom. The first kappa shape index (κ1) is 21.6. The standard InChI is InChI=1S/C19H23F2N5O4/c1-11(27)23-15-8-13(14(10-22-15)29-7-6-28-3)24-16-9-17(30-12-4-5-12)26-18(25-16)19(2,20)21/h8-10,12H,4-7H2,1-3H3,(H2,22,23,24,25,26,27). The minimum absolute atomic E-state index is 0.0219. The molecule has 0 aromatic carbocycles. The lowest BCUT2D eigenvalue weighted by Crippen LogP contribution is -2.15. The molecule has 162 valence electrons. The highest BCUT2D eigenvalue weighted by molar-refractivity contribution is 5.88. The van der Waals surface area contributed by atoms with Gasteiger partial charge in [0.05, 0.1) is 18.5 Å². The third-order valence-electron chi connectivity index (χ3n) is 3.89. The second-order valence-corrected chi connectivity index (χ2v) is 6.83. The van der Waals surface area contributed by atoms with Gasteiger partial charge in [-0.05, 0) is 12.8 Å². The van der Waals surface area contributed by atoms with Gasteiger partial charge in [0.1, 0.15) is 24.3 Å². The van der Waals surface area contributed by atoms with Crippen LogP contribution in [0.3, 0.4) is 0 Å². The van der Waals surface area contributed by atoms with Crippen molar-refractivity contribution in [2.75, 3.05) is 31.0 Å². The Kier molecular flexibility index (Phi) is 6.60. The second kappa shape index (κ2) is 9.16. The number of ether oxygens (including phenoxy) is 3. The Hall–Kier alpha value is -3.08. The lowest BCUT2D eigenvalue weighted by molar-refractivity contribution is -0.114.